The molecular formula is C20H22N2. The molecule has 112 valence electrons. The lowest BCUT2D eigenvalue weighted by Gasteiger charge is -2.06. The normalized spacial score (nSPS) is 11.5. The number of unbranched alkanes of at least 4 members (excludes halogenated alkanes) is 2. The van der Waals surface area contributed by atoms with Crippen LogP contribution in [0.1, 0.15) is 37.6 Å². The molecule has 3 aromatic rings. The van der Waals surface area contributed by atoms with E-state index in [0.29, 0.717) is 0 Å². The van der Waals surface area contributed by atoms with E-state index >= 15 is 0 Å². The van der Waals surface area contributed by atoms with Crippen LogP contribution in [-0.2, 0) is 6.54 Å². The van der Waals surface area contributed by atoms with E-state index in [2.05, 4.69) is 72.2 Å². The summed E-state index contributed by atoms with van der Waals surface area (Å²) in [5.41, 5.74) is 3.51. The van der Waals surface area contributed by atoms with Gasteiger partial charge in [0.2, 0.25) is 0 Å². The van der Waals surface area contributed by atoms with Crippen LogP contribution in [0.5, 0.6) is 0 Å². The highest BCUT2D eigenvalue weighted by atomic mass is 15.1. The summed E-state index contributed by atoms with van der Waals surface area (Å²) in [6.07, 6.45) is 7.96. The SMILES string of the molecule is CCCCCn1c(C=Cc2ccccc2)nc2ccccc21. The fourth-order valence-corrected chi connectivity index (χ4v) is 2.71. The molecule has 3 rings (SSSR count). The summed E-state index contributed by atoms with van der Waals surface area (Å²) in [6, 6.07) is 18.8. The second-order valence-corrected chi connectivity index (χ2v) is 5.56. The molecule has 2 aromatic carbocycles. The third-order valence-corrected chi connectivity index (χ3v) is 3.89. The van der Waals surface area contributed by atoms with Crippen LogP contribution in [0.3, 0.4) is 0 Å². The molecule has 0 aliphatic rings. The summed E-state index contributed by atoms with van der Waals surface area (Å²) < 4.78 is 2.34. The van der Waals surface area contributed by atoms with Crippen LogP contribution in [0.25, 0.3) is 23.2 Å². The Morgan fingerprint density at radius 2 is 1.68 bits per heavy atom. The molecule has 0 aliphatic heterocycles. The molecule has 0 radical (unpaired) electrons. The molecule has 2 heteroatoms. The number of hydrogen-bond acceptors (Lipinski definition) is 1. The van der Waals surface area contributed by atoms with Crippen molar-refractivity contribution in [2.24, 2.45) is 0 Å². The molecule has 0 saturated heterocycles. The van der Waals surface area contributed by atoms with Crippen LogP contribution < -0.4 is 0 Å². The number of nitrogens with zero attached hydrogens (tertiary/aromatic N) is 2. The number of imidazole rings is 1. The van der Waals surface area contributed by atoms with E-state index < -0.39 is 0 Å². The highest BCUT2D eigenvalue weighted by Gasteiger charge is 2.07. The Hall–Kier alpha value is -2.35. The molecule has 0 amide bonds. The Labute approximate surface area is 132 Å². The zero-order valence-electron chi connectivity index (χ0n) is 13.1. The fraction of sp³-hybridized carbons (Fsp3) is 0.250. The standard InChI is InChI=1S/C20H22N2/c1-2-3-9-16-22-19-13-8-7-12-18(19)21-20(22)15-14-17-10-5-4-6-11-17/h4-8,10-15H,2-3,9,16H2,1H3. The van der Waals surface area contributed by atoms with Crippen molar-refractivity contribution in [3.05, 3.63) is 66.0 Å². The van der Waals surface area contributed by atoms with Crippen molar-refractivity contribution in [2.75, 3.05) is 0 Å². The minimum Gasteiger partial charge on any atom is -0.324 e. The Bertz CT molecular complexity index is 754. The van der Waals surface area contributed by atoms with Crippen LogP contribution >= 0.6 is 0 Å². The molecular weight excluding hydrogens is 268 g/mol. The van der Waals surface area contributed by atoms with Gasteiger partial charge in [0.1, 0.15) is 5.82 Å². The summed E-state index contributed by atoms with van der Waals surface area (Å²) in [5.74, 6) is 1.04. The summed E-state index contributed by atoms with van der Waals surface area (Å²) in [6.45, 7) is 3.27. The molecule has 1 aromatic heterocycles. The number of benzene rings is 2. The van der Waals surface area contributed by atoms with Crippen molar-refractivity contribution in [3.8, 4) is 0 Å². The van der Waals surface area contributed by atoms with Crippen LogP contribution in [0.2, 0.25) is 0 Å². The molecule has 0 atom stereocenters. The van der Waals surface area contributed by atoms with E-state index in [1.54, 1.807) is 0 Å². The van der Waals surface area contributed by atoms with Gasteiger partial charge in [-0.3, -0.25) is 0 Å². The topological polar surface area (TPSA) is 17.8 Å². The van der Waals surface area contributed by atoms with E-state index in [9.17, 15) is 0 Å². The van der Waals surface area contributed by atoms with E-state index in [1.165, 1.54) is 30.3 Å². The largest absolute Gasteiger partial charge is 0.324 e. The van der Waals surface area contributed by atoms with Gasteiger partial charge in [-0.05, 0) is 30.2 Å². The monoisotopic (exact) mass is 290 g/mol. The third kappa shape index (κ3) is 3.28. The quantitative estimate of drug-likeness (QED) is 0.556. The molecule has 0 fully saturated rings. The van der Waals surface area contributed by atoms with Gasteiger partial charge in [0, 0.05) is 6.54 Å². The first-order valence-electron chi connectivity index (χ1n) is 8.07. The maximum absolute atomic E-state index is 4.78. The smallest absolute Gasteiger partial charge is 0.133 e. The molecule has 0 N–H and O–H groups in total. The Balaban J connectivity index is 1.93. The van der Waals surface area contributed by atoms with Crippen LogP contribution in [0.15, 0.2) is 54.6 Å². The van der Waals surface area contributed by atoms with E-state index in [4.69, 9.17) is 4.98 Å². The van der Waals surface area contributed by atoms with E-state index in [0.717, 1.165) is 17.9 Å². The maximum Gasteiger partial charge on any atom is 0.133 e. The second-order valence-electron chi connectivity index (χ2n) is 5.56. The van der Waals surface area contributed by atoms with Crippen LogP contribution in [0.4, 0.5) is 0 Å². The molecule has 0 bridgehead atoms. The third-order valence-electron chi connectivity index (χ3n) is 3.89. The van der Waals surface area contributed by atoms with Crippen molar-refractivity contribution in [2.45, 2.75) is 32.7 Å². The number of fused-ring (bicyclic) bond motifs is 1. The summed E-state index contributed by atoms with van der Waals surface area (Å²) >= 11 is 0. The zero-order chi connectivity index (χ0) is 15.2. The average molecular weight is 290 g/mol. The molecule has 0 saturated carbocycles. The lowest BCUT2D eigenvalue weighted by Crippen LogP contribution is -2.00. The van der Waals surface area contributed by atoms with Crippen molar-refractivity contribution >= 4 is 23.2 Å². The lowest BCUT2D eigenvalue weighted by atomic mass is 10.2. The summed E-state index contributed by atoms with van der Waals surface area (Å²) in [4.78, 5) is 4.78. The molecule has 0 unspecified atom stereocenters. The predicted octanol–water partition coefficient (Wildman–Crippen LogP) is 5.40. The first-order chi connectivity index (χ1) is 10.9. The number of para-hydroxylation sites is 2. The van der Waals surface area contributed by atoms with Crippen molar-refractivity contribution in [3.63, 3.8) is 0 Å². The lowest BCUT2D eigenvalue weighted by molar-refractivity contribution is 0.610. The predicted molar refractivity (Wildman–Crippen MR) is 94.6 cm³/mol. The van der Waals surface area contributed by atoms with Crippen LogP contribution in [0, 0.1) is 0 Å². The Kier molecular flexibility index (Phi) is 4.69. The number of rotatable bonds is 6. The van der Waals surface area contributed by atoms with Gasteiger partial charge < -0.3 is 4.57 Å². The number of hydrogen-bond donors (Lipinski definition) is 0. The summed E-state index contributed by atoms with van der Waals surface area (Å²) in [7, 11) is 0. The highest BCUT2D eigenvalue weighted by Crippen LogP contribution is 2.19. The van der Waals surface area contributed by atoms with Crippen molar-refractivity contribution in [1.29, 1.82) is 0 Å². The number of aryl methyl sites for hydroxylation is 1. The van der Waals surface area contributed by atoms with Gasteiger partial charge in [-0.2, -0.15) is 0 Å². The average Bonchev–Trinajstić information content (AvgIpc) is 2.92. The van der Waals surface area contributed by atoms with Gasteiger partial charge >= 0.3 is 0 Å². The first kappa shape index (κ1) is 14.6. The molecule has 22 heavy (non-hydrogen) atoms. The first-order valence-corrected chi connectivity index (χ1v) is 8.07. The Morgan fingerprint density at radius 3 is 2.50 bits per heavy atom. The van der Waals surface area contributed by atoms with Gasteiger partial charge in [0.15, 0.2) is 0 Å². The maximum atomic E-state index is 4.78. The van der Waals surface area contributed by atoms with Crippen molar-refractivity contribution < 1.29 is 0 Å². The highest BCUT2D eigenvalue weighted by molar-refractivity contribution is 5.79. The molecule has 0 aliphatic carbocycles. The van der Waals surface area contributed by atoms with Gasteiger partial charge in [0.25, 0.3) is 0 Å². The van der Waals surface area contributed by atoms with Gasteiger partial charge in [0.05, 0.1) is 11.0 Å². The van der Waals surface area contributed by atoms with Crippen molar-refractivity contribution in [1.82, 2.24) is 9.55 Å². The van der Waals surface area contributed by atoms with Gasteiger partial charge in [-0.1, -0.05) is 68.3 Å². The second kappa shape index (κ2) is 7.08. The minimum absolute atomic E-state index is 1.03. The Morgan fingerprint density at radius 1 is 0.909 bits per heavy atom. The van der Waals surface area contributed by atoms with E-state index in [1.807, 2.05) is 6.07 Å². The zero-order valence-corrected chi connectivity index (χ0v) is 13.1. The van der Waals surface area contributed by atoms with E-state index in [-0.39, 0.29) is 0 Å². The van der Waals surface area contributed by atoms with Gasteiger partial charge in [-0.15, -0.1) is 0 Å². The van der Waals surface area contributed by atoms with Gasteiger partial charge in [-0.25, -0.2) is 4.98 Å². The fourth-order valence-electron chi connectivity index (χ4n) is 2.71. The van der Waals surface area contributed by atoms with Crippen LogP contribution in [-0.4, -0.2) is 9.55 Å². The minimum atomic E-state index is 1.03. The number of aromatic nitrogens is 2. The molecule has 1 heterocycles. The molecule has 0 spiro atoms. The summed E-state index contributed by atoms with van der Waals surface area (Å²) in [5, 5.41) is 0. The molecule has 2 nitrogen and oxygen atoms in total.